The molecule has 0 saturated carbocycles. The van der Waals surface area contributed by atoms with E-state index in [-0.39, 0.29) is 5.78 Å². The quantitative estimate of drug-likeness (QED) is 0.612. The van der Waals surface area contributed by atoms with Gasteiger partial charge in [-0.1, -0.05) is 19.1 Å². The number of carbonyl (C=O) groups excluding carboxylic acids is 1. The molecule has 0 bridgehead atoms. The van der Waals surface area contributed by atoms with E-state index < -0.39 is 0 Å². The molecule has 0 spiro atoms. The summed E-state index contributed by atoms with van der Waals surface area (Å²) >= 11 is 1.58. The van der Waals surface area contributed by atoms with Gasteiger partial charge in [-0.2, -0.15) is 0 Å². The molecule has 2 aromatic rings. The Morgan fingerprint density at radius 1 is 1.33 bits per heavy atom. The van der Waals surface area contributed by atoms with E-state index in [2.05, 4.69) is 10.2 Å². The van der Waals surface area contributed by atoms with Gasteiger partial charge in [0.2, 0.25) is 11.8 Å². The van der Waals surface area contributed by atoms with E-state index in [1.807, 2.05) is 31.2 Å². The summed E-state index contributed by atoms with van der Waals surface area (Å²) in [7, 11) is 0. The standard InChI is InChI=1S/C13H14N2O2S/c1-3-12-14-15-13(17-12)8-18-11-6-4-5-10(7-11)9(2)16/h4-7H,3,8H2,1-2H3. The Labute approximate surface area is 110 Å². The van der Waals surface area contributed by atoms with Crippen molar-refractivity contribution in [3.8, 4) is 0 Å². The number of benzene rings is 1. The second-order valence-corrected chi connectivity index (χ2v) is 4.86. The predicted octanol–water partition coefficient (Wildman–Crippen LogP) is 3.13. The lowest BCUT2D eigenvalue weighted by molar-refractivity contribution is 0.101. The number of aromatic nitrogens is 2. The smallest absolute Gasteiger partial charge is 0.226 e. The van der Waals surface area contributed by atoms with E-state index in [9.17, 15) is 4.79 Å². The summed E-state index contributed by atoms with van der Waals surface area (Å²) in [4.78, 5) is 12.3. The van der Waals surface area contributed by atoms with Gasteiger partial charge in [0.25, 0.3) is 0 Å². The molecule has 1 aromatic heterocycles. The molecule has 0 N–H and O–H groups in total. The van der Waals surface area contributed by atoms with Crippen LogP contribution in [0.2, 0.25) is 0 Å². The zero-order valence-electron chi connectivity index (χ0n) is 10.3. The number of aryl methyl sites for hydroxylation is 1. The zero-order chi connectivity index (χ0) is 13.0. The van der Waals surface area contributed by atoms with Crippen LogP contribution in [0.25, 0.3) is 0 Å². The summed E-state index contributed by atoms with van der Waals surface area (Å²) in [5, 5.41) is 7.86. The average Bonchev–Trinajstić information content (AvgIpc) is 2.84. The van der Waals surface area contributed by atoms with Gasteiger partial charge in [0.05, 0.1) is 5.75 Å². The van der Waals surface area contributed by atoms with Gasteiger partial charge in [0.15, 0.2) is 5.78 Å². The first kappa shape index (κ1) is 12.8. The fourth-order valence-electron chi connectivity index (χ4n) is 1.44. The molecular formula is C13H14N2O2S. The van der Waals surface area contributed by atoms with Gasteiger partial charge < -0.3 is 4.42 Å². The molecule has 5 heteroatoms. The highest BCUT2D eigenvalue weighted by Gasteiger charge is 2.06. The molecule has 18 heavy (non-hydrogen) atoms. The SMILES string of the molecule is CCc1nnc(CSc2cccc(C(C)=O)c2)o1. The van der Waals surface area contributed by atoms with Crippen molar-refractivity contribution in [2.45, 2.75) is 30.9 Å². The van der Waals surface area contributed by atoms with Crippen molar-refractivity contribution in [1.29, 1.82) is 0 Å². The highest BCUT2D eigenvalue weighted by atomic mass is 32.2. The molecule has 1 aromatic carbocycles. The molecule has 0 atom stereocenters. The Kier molecular flexibility index (Phi) is 4.15. The lowest BCUT2D eigenvalue weighted by Crippen LogP contribution is -1.91. The van der Waals surface area contributed by atoms with Crippen LogP contribution in [0.4, 0.5) is 0 Å². The monoisotopic (exact) mass is 262 g/mol. The van der Waals surface area contributed by atoms with Crippen LogP contribution in [0.3, 0.4) is 0 Å². The minimum Gasteiger partial charge on any atom is -0.424 e. The molecule has 0 unspecified atom stereocenters. The molecule has 0 radical (unpaired) electrons. The minimum absolute atomic E-state index is 0.0727. The average molecular weight is 262 g/mol. The van der Waals surface area contributed by atoms with Gasteiger partial charge in [0.1, 0.15) is 0 Å². The largest absolute Gasteiger partial charge is 0.424 e. The third kappa shape index (κ3) is 3.20. The lowest BCUT2D eigenvalue weighted by Gasteiger charge is -2.00. The maximum absolute atomic E-state index is 11.3. The Morgan fingerprint density at radius 2 is 2.11 bits per heavy atom. The molecule has 94 valence electrons. The number of carbonyl (C=O) groups is 1. The van der Waals surface area contributed by atoms with Crippen molar-refractivity contribution in [1.82, 2.24) is 10.2 Å². The van der Waals surface area contributed by atoms with Gasteiger partial charge in [-0.05, 0) is 19.1 Å². The van der Waals surface area contributed by atoms with Gasteiger partial charge in [-0.3, -0.25) is 4.79 Å². The van der Waals surface area contributed by atoms with E-state index in [0.29, 0.717) is 17.5 Å². The van der Waals surface area contributed by atoms with Crippen molar-refractivity contribution in [2.75, 3.05) is 0 Å². The Bertz CT molecular complexity index is 551. The molecule has 0 aliphatic carbocycles. The van der Waals surface area contributed by atoms with Crippen LogP contribution in [0, 0.1) is 0 Å². The van der Waals surface area contributed by atoms with E-state index in [4.69, 9.17) is 4.42 Å². The highest BCUT2D eigenvalue weighted by Crippen LogP contribution is 2.23. The fraction of sp³-hybridized carbons (Fsp3) is 0.308. The number of hydrogen-bond donors (Lipinski definition) is 0. The third-order valence-electron chi connectivity index (χ3n) is 2.41. The molecule has 0 saturated heterocycles. The van der Waals surface area contributed by atoms with Crippen molar-refractivity contribution < 1.29 is 9.21 Å². The summed E-state index contributed by atoms with van der Waals surface area (Å²) in [6.45, 7) is 3.54. The number of hydrogen-bond acceptors (Lipinski definition) is 5. The van der Waals surface area contributed by atoms with Crippen LogP contribution in [0.1, 0.15) is 36.0 Å². The van der Waals surface area contributed by atoms with Gasteiger partial charge in [0, 0.05) is 16.9 Å². The second kappa shape index (κ2) is 5.82. The molecule has 0 amide bonds. The van der Waals surface area contributed by atoms with Crippen LogP contribution in [-0.4, -0.2) is 16.0 Å². The van der Waals surface area contributed by atoms with Gasteiger partial charge in [-0.25, -0.2) is 0 Å². The number of thioether (sulfide) groups is 1. The Balaban J connectivity index is 2.01. The van der Waals surface area contributed by atoms with Crippen molar-refractivity contribution in [3.05, 3.63) is 41.6 Å². The van der Waals surface area contributed by atoms with Crippen LogP contribution in [-0.2, 0) is 12.2 Å². The topological polar surface area (TPSA) is 56.0 Å². The number of Topliss-reactive ketones (excluding diaryl/α,β-unsaturated/α-hetero) is 1. The van der Waals surface area contributed by atoms with E-state index in [0.717, 1.165) is 16.9 Å². The summed E-state index contributed by atoms with van der Waals surface area (Å²) in [6, 6.07) is 7.54. The van der Waals surface area contributed by atoms with Gasteiger partial charge in [-0.15, -0.1) is 22.0 Å². The fourth-order valence-corrected chi connectivity index (χ4v) is 2.23. The van der Waals surface area contributed by atoms with Gasteiger partial charge >= 0.3 is 0 Å². The molecule has 1 heterocycles. The molecule has 0 aliphatic rings. The van der Waals surface area contributed by atoms with Crippen molar-refractivity contribution in [3.63, 3.8) is 0 Å². The summed E-state index contributed by atoms with van der Waals surface area (Å²) < 4.78 is 5.42. The number of ketones is 1. The Morgan fingerprint density at radius 3 is 2.78 bits per heavy atom. The third-order valence-corrected chi connectivity index (χ3v) is 3.39. The molecule has 2 rings (SSSR count). The first-order valence-corrected chi connectivity index (χ1v) is 6.72. The highest BCUT2D eigenvalue weighted by molar-refractivity contribution is 7.98. The van der Waals surface area contributed by atoms with E-state index in [1.165, 1.54) is 0 Å². The maximum Gasteiger partial charge on any atom is 0.226 e. The molecular weight excluding hydrogens is 248 g/mol. The normalized spacial score (nSPS) is 10.6. The zero-order valence-corrected chi connectivity index (χ0v) is 11.2. The summed E-state index contributed by atoms with van der Waals surface area (Å²) in [5.74, 6) is 1.96. The van der Waals surface area contributed by atoms with Crippen LogP contribution in [0.5, 0.6) is 0 Å². The molecule has 0 aliphatic heterocycles. The molecule has 4 nitrogen and oxygen atoms in total. The first-order chi connectivity index (χ1) is 8.69. The van der Waals surface area contributed by atoms with Crippen LogP contribution in [0.15, 0.2) is 33.6 Å². The summed E-state index contributed by atoms with van der Waals surface area (Å²) in [6.07, 6.45) is 0.748. The second-order valence-electron chi connectivity index (χ2n) is 3.82. The van der Waals surface area contributed by atoms with Crippen LogP contribution < -0.4 is 0 Å². The van der Waals surface area contributed by atoms with Crippen molar-refractivity contribution >= 4 is 17.5 Å². The Hall–Kier alpha value is -1.62. The maximum atomic E-state index is 11.3. The summed E-state index contributed by atoms with van der Waals surface area (Å²) in [5.41, 5.74) is 0.722. The molecule has 0 fully saturated rings. The number of nitrogens with zero attached hydrogens (tertiary/aromatic N) is 2. The van der Waals surface area contributed by atoms with E-state index >= 15 is 0 Å². The van der Waals surface area contributed by atoms with Crippen LogP contribution >= 0.6 is 11.8 Å². The number of rotatable bonds is 5. The van der Waals surface area contributed by atoms with E-state index in [1.54, 1.807) is 18.7 Å². The first-order valence-electron chi connectivity index (χ1n) is 5.74. The van der Waals surface area contributed by atoms with Crippen molar-refractivity contribution in [2.24, 2.45) is 0 Å². The lowest BCUT2D eigenvalue weighted by atomic mass is 10.2. The predicted molar refractivity (Wildman–Crippen MR) is 69.7 cm³/mol. The minimum atomic E-state index is 0.0727.